The molecule has 0 saturated heterocycles. The third-order valence-corrected chi connectivity index (χ3v) is 5.25. The van der Waals surface area contributed by atoms with E-state index in [1.54, 1.807) is 11.8 Å². The zero-order valence-electron chi connectivity index (χ0n) is 13.4. The van der Waals surface area contributed by atoms with E-state index in [4.69, 9.17) is 0 Å². The summed E-state index contributed by atoms with van der Waals surface area (Å²) in [5, 5.41) is 13.9. The Labute approximate surface area is 131 Å². The van der Waals surface area contributed by atoms with Crippen LogP contribution >= 0.6 is 11.8 Å². The predicted octanol–water partition coefficient (Wildman–Crippen LogP) is 3.17. The van der Waals surface area contributed by atoms with E-state index in [0.29, 0.717) is 5.92 Å². The van der Waals surface area contributed by atoms with E-state index in [1.807, 2.05) is 20.8 Å². The van der Waals surface area contributed by atoms with E-state index in [-0.39, 0.29) is 0 Å². The fourth-order valence-corrected chi connectivity index (χ4v) is 3.55. The highest BCUT2D eigenvalue weighted by atomic mass is 32.2. The summed E-state index contributed by atoms with van der Waals surface area (Å²) in [6.07, 6.45) is 3.34. The molecular formula is C16H24N4S. The van der Waals surface area contributed by atoms with Crippen LogP contribution in [0.3, 0.4) is 0 Å². The van der Waals surface area contributed by atoms with Crippen LogP contribution in [-0.2, 0) is 0 Å². The van der Waals surface area contributed by atoms with Crippen LogP contribution in [0.4, 0.5) is 0 Å². The van der Waals surface area contributed by atoms with E-state index in [2.05, 4.69) is 28.3 Å². The topological polar surface area (TPSA) is 61.6 Å². The van der Waals surface area contributed by atoms with Crippen molar-refractivity contribution >= 4 is 11.8 Å². The van der Waals surface area contributed by atoms with Crippen LogP contribution in [0.25, 0.3) is 0 Å². The van der Waals surface area contributed by atoms with Crippen molar-refractivity contribution < 1.29 is 0 Å². The average molecular weight is 304 g/mol. The number of nitriles is 1. The maximum atomic E-state index is 9.68. The predicted molar refractivity (Wildman–Crippen MR) is 86.3 cm³/mol. The third kappa shape index (κ3) is 3.75. The Morgan fingerprint density at radius 3 is 2.38 bits per heavy atom. The normalized spacial score (nSPS) is 17.3. The van der Waals surface area contributed by atoms with Crippen LogP contribution in [0.1, 0.15) is 43.1 Å². The molecule has 0 aromatic carbocycles. The van der Waals surface area contributed by atoms with E-state index < -0.39 is 5.54 Å². The molecule has 0 amide bonds. The molecule has 21 heavy (non-hydrogen) atoms. The van der Waals surface area contributed by atoms with Gasteiger partial charge in [-0.15, -0.1) is 0 Å². The molecule has 5 heteroatoms. The number of nitrogens with zero attached hydrogens (tertiary/aromatic N) is 3. The van der Waals surface area contributed by atoms with Crippen molar-refractivity contribution in [1.29, 1.82) is 5.26 Å². The lowest BCUT2D eigenvalue weighted by atomic mass is 9.97. The second kappa shape index (κ2) is 6.76. The average Bonchev–Trinajstić information content (AvgIpc) is 3.30. The van der Waals surface area contributed by atoms with Gasteiger partial charge in [-0.25, -0.2) is 9.97 Å². The molecule has 1 unspecified atom stereocenters. The molecule has 1 saturated carbocycles. The molecule has 1 aliphatic rings. The summed E-state index contributed by atoms with van der Waals surface area (Å²) in [6.45, 7) is 9.10. The molecule has 0 radical (unpaired) electrons. The molecule has 1 N–H and O–H groups in total. The van der Waals surface area contributed by atoms with Crippen molar-refractivity contribution in [3.63, 3.8) is 0 Å². The van der Waals surface area contributed by atoms with Crippen LogP contribution in [-0.4, -0.2) is 27.8 Å². The van der Waals surface area contributed by atoms with Crippen molar-refractivity contribution in [2.45, 2.75) is 57.7 Å². The first-order valence-corrected chi connectivity index (χ1v) is 8.62. The van der Waals surface area contributed by atoms with Crippen molar-refractivity contribution in [2.75, 3.05) is 12.3 Å². The minimum atomic E-state index is -0.420. The fourth-order valence-electron chi connectivity index (χ4n) is 2.38. The van der Waals surface area contributed by atoms with E-state index in [1.165, 1.54) is 0 Å². The number of hydrogen-bond donors (Lipinski definition) is 1. The second-order valence-corrected chi connectivity index (χ2v) is 6.82. The first-order chi connectivity index (χ1) is 10.0. The van der Waals surface area contributed by atoms with Crippen LogP contribution in [0.5, 0.6) is 0 Å². The Kier molecular flexibility index (Phi) is 5.23. The highest BCUT2D eigenvalue weighted by Gasteiger charge is 2.45. The van der Waals surface area contributed by atoms with Crippen LogP contribution < -0.4 is 5.32 Å². The molecule has 2 rings (SSSR count). The molecule has 1 aromatic heterocycles. The molecule has 114 valence electrons. The maximum Gasteiger partial charge on any atom is 0.188 e. The number of rotatable bonds is 7. The van der Waals surface area contributed by atoms with Gasteiger partial charge in [-0.3, -0.25) is 5.32 Å². The molecular weight excluding hydrogens is 280 g/mol. The molecule has 1 aromatic rings. The highest BCUT2D eigenvalue weighted by molar-refractivity contribution is 7.99. The number of aromatic nitrogens is 2. The summed E-state index contributed by atoms with van der Waals surface area (Å²) in [4.78, 5) is 9.09. The van der Waals surface area contributed by atoms with Gasteiger partial charge in [0.15, 0.2) is 5.16 Å². The van der Waals surface area contributed by atoms with Crippen LogP contribution in [0, 0.1) is 38.0 Å². The molecule has 1 aliphatic carbocycles. The highest BCUT2D eigenvalue weighted by Crippen LogP contribution is 2.41. The summed E-state index contributed by atoms with van der Waals surface area (Å²) < 4.78 is 0. The number of hydrogen-bond acceptors (Lipinski definition) is 5. The lowest BCUT2D eigenvalue weighted by Gasteiger charge is -2.27. The first-order valence-electron chi connectivity index (χ1n) is 7.63. The van der Waals surface area contributed by atoms with Gasteiger partial charge in [-0.1, -0.05) is 18.7 Å². The quantitative estimate of drug-likeness (QED) is 0.619. The monoisotopic (exact) mass is 304 g/mol. The largest absolute Gasteiger partial charge is 0.298 e. The summed E-state index contributed by atoms with van der Waals surface area (Å²) in [5.41, 5.74) is 2.79. The SMILES string of the molecule is CCCNC(C#N)(CSc1nc(C)c(C)c(C)n1)C1CC1. The van der Waals surface area contributed by atoms with Crippen molar-refractivity contribution in [3.05, 3.63) is 17.0 Å². The minimum absolute atomic E-state index is 0.420. The van der Waals surface area contributed by atoms with Gasteiger partial charge >= 0.3 is 0 Å². The Morgan fingerprint density at radius 2 is 1.90 bits per heavy atom. The van der Waals surface area contributed by atoms with Crippen molar-refractivity contribution in [1.82, 2.24) is 15.3 Å². The van der Waals surface area contributed by atoms with Gasteiger partial charge < -0.3 is 0 Å². The van der Waals surface area contributed by atoms with Gasteiger partial charge in [0, 0.05) is 17.1 Å². The molecule has 1 atom stereocenters. The summed E-state index contributed by atoms with van der Waals surface area (Å²) in [5.74, 6) is 1.20. The third-order valence-electron chi connectivity index (χ3n) is 4.21. The van der Waals surface area contributed by atoms with E-state index >= 15 is 0 Å². The minimum Gasteiger partial charge on any atom is -0.298 e. The fraction of sp³-hybridized carbons (Fsp3) is 0.688. The Hall–Kier alpha value is -1.12. The summed E-state index contributed by atoms with van der Waals surface area (Å²) >= 11 is 1.60. The van der Waals surface area contributed by atoms with Gasteiger partial charge in [0.2, 0.25) is 0 Å². The lowest BCUT2D eigenvalue weighted by molar-refractivity contribution is 0.405. The number of aryl methyl sites for hydroxylation is 2. The first kappa shape index (κ1) is 16.3. The van der Waals surface area contributed by atoms with Gasteiger partial charge in [0.1, 0.15) is 5.54 Å². The zero-order chi connectivity index (χ0) is 15.5. The van der Waals surface area contributed by atoms with Gasteiger partial charge in [0.05, 0.1) is 6.07 Å². The Bertz CT molecular complexity index is 525. The van der Waals surface area contributed by atoms with Crippen molar-refractivity contribution in [2.24, 2.45) is 5.92 Å². The molecule has 1 fully saturated rings. The Morgan fingerprint density at radius 1 is 1.29 bits per heavy atom. The second-order valence-electron chi connectivity index (χ2n) is 5.87. The molecule has 0 spiro atoms. The van der Waals surface area contributed by atoms with Gasteiger partial charge in [-0.05, 0) is 58.1 Å². The zero-order valence-corrected chi connectivity index (χ0v) is 14.2. The van der Waals surface area contributed by atoms with E-state index in [9.17, 15) is 5.26 Å². The molecule has 4 nitrogen and oxygen atoms in total. The maximum absolute atomic E-state index is 9.68. The summed E-state index contributed by atoms with van der Waals surface area (Å²) in [7, 11) is 0. The number of thioether (sulfide) groups is 1. The van der Waals surface area contributed by atoms with Gasteiger partial charge in [0.25, 0.3) is 0 Å². The molecule has 0 aliphatic heterocycles. The van der Waals surface area contributed by atoms with Crippen LogP contribution in [0.2, 0.25) is 0 Å². The lowest BCUT2D eigenvalue weighted by Crippen LogP contribution is -2.48. The molecule has 1 heterocycles. The van der Waals surface area contributed by atoms with Crippen molar-refractivity contribution in [3.8, 4) is 6.07 Å². The summed E-state index contributed by atoms with van der Waals surface area (Å²) in [6, 6.07) is 2.54. The molecule has 0 bridgehead atoms. The standard InChI is InChI=1S/C16H24N4S/c1-5-8-18-16(9-17,14-6-7-14)10-21-15-19-12(3)11(2)13(4)20-15/h14,18H,5-8,10H2,1-4H3. The van der Waals surface area contributed by atoms with Gasteiger partial charge in [-0.2, -0.15) is 5.26 Å². The van der Waals surface area contributed by atoms with E-state index in [0.717, 1.165) is 53.7 Å². The Balaban J connectivity index is 2.10. The van der Waals surface area contributed by atoms with Crippen LogP contribution in [0.15, 0.2) is 5.16 Å². The number of nitrogens with one attached hydrogen (secondary N) is 1. The smallest absolute Gasteiger partial charge is 0.188 e.